The number of nitrogens with one attached hydrogen (secondary N) is 1. The molecule has 0 bridgehead atoms. The zero-order valence-corrected chi connectivity index (χ0v) is 16.7. The van der Waals surface area contributed by atoms with Crippen LogP contribution in [-0.4, -0.2) is 47.8 Å². The third kappa shape index (κ3) is 3.02. The lowest BCUT2D eigenvalue weighted by Gasteiger charge is -2.20. The van der Waals surface area contributed by atoms with E-state index in [4.69, 9.17) is 9.47 Å². The van der Waals surface area contributed by atoms with Crippen LogP contribution >= 0.6 is 0 Å². The molecule has 0 fully saturated rings. The SMILES string of the molecule is COc1ccc(OC)c2c1C(=O)C=C(CNc1nc3ccccc3n1C(C)=O)C2=O. The summed E-state index contributed by atoms with van der Waals surface area (Å²) in [7, 11) is 2.87. The van der Waals surface area contributed by atoms with Gasteiger partial charge >= 0.3 is 0 Å². The number of aromatic nitrogens is 2. The first-order valence-electron chi connectivity index (χ1n) is 9.23. The van der Waals surface area contributed by atoms with Crippen LogP contribution < -0.4 is 14.8 Å². The van der Waals surface area contributed by atoms with Gasteiger partial charge in [-0.2, -0.15) is 0 Å². The van der Waals surface area contributed by atoms with Crippen LogP contribution in [0.2, 0.25) is 0 Å². The molecular formula is C22H19N3O5. The molecule has 1 aromatic heterocycles. The number of hydrogen-bond donors (Lipinski definition) is 1. The molecule has 2 aromatic carbocycles. The van der Waals surface area contributed by atoms with Crippen molar-refractivity contribution >= 4 is 34.5 Å². The summed E-state index contributed by atoms with van der Waals surface area (Å²) in [5.41, 5.74) is 1.89. The average molecular weight is 405 g/mol. The van der Waals surface area contributed by atoms with Gasteiger partial charge in [0.2, 0.25) is 11.9 Å². The molecule has 0 amide bonds. The smallest absolute Gasteiger partial charge is 0.230 e. The summed E-state index contributed by atoms with van der Waals surface area (Å²) in [6.07, 6.45) is 1.28. The minimum absolute atomic E-state index is 0.0149. The summed E-state index contributed by atoms with van der Waals surface area (Å²) in [6.45, 7) is 1.45. The van der Waals surface area contributed by atoms with E-state index < -0.39 is 0 Å². The van der Waals surface area contributed by atoms with Gasteiger partial charge in [0.1, 0.15) is 11.5 Å². The number of fused-ring (bicyclic) bond motifs is 2. The zero-order chi connectivity index (χ0) is 21.4. The number of hydrogen-bond acceptors (Lipinski definition) is 7. The average Bonchev–Trinajstić information content (AvgIpc) is 3.12. The quantitative estimate of drug-likeness (QED) is 0.696. The van der Waals surface area contributed by atoms with E-state index in [9.17, 15) is 14.4 Å². The van der Waals surface area contributed by atoms with Crippen molar-refractivity contribution in [3.8, 4) is 11.5 Å². The Balaban J connectivity index is 1.70. The fraction of sp³-hybridized carbons (Fsp3) is 0.182. The Morgan fingerprint density at radius 2 is 1.70 bits per heavy atom. The van der Waals surface area contributed by atoms with Gasteiger partial charge in [-0.05, 0) is 30.3 Å². The van der Waals surface area contributed by atoms with Crippen molar-refractivity contribution in [3.05, 3.63) is 59.2 Å². The van der Waals surface area contributed by atoms with E-state index in [1.807, 2.05) is 12.1 Å². The molecule has 0 unspecified atom stereocenters. The third-order valence-electron chi connectivity index (χ3n) is 4.95. The molecule has 0 saturated carbocycles. The highest BCUT2D eigenvalue weighted by Crippen LogP contribution is 2.35. The van der Waals surface area contributed by atoms with E-state index in [1.165, 1.54) is 31.8 Å². The molecule has 1 N–H and O–H groups in total. The molecule has 4 rings (SSSR count). The first-order chi connectivity index (χ1) is 14.5. The molecule has 1 aliphatic carbocycles. The van der Waals surface area contributed by atoms with Crippen LogP contribution in [0.25, 0.3) is 11.0 Å². The minimum atomic E-state index is -0.350. The second kappa shape index (κ2) is 7.47. The predicted octanol–water partition coefficient (Wildman–Crippen LogP) is 3.13. The molecule has 1 heterocycles. The maximum atomic E-state index is 13.1. The Bertz CT molecular complexity index is 1240. The molecule has 0 atom stereocenters. The van der Waals surface area contributed by atoms with Crippen molar-refractivity contribution < 1.29 is 23.9 Å². The molecular weight excluding hydrogens is 386 g/mol. The van der Waals surface area contributed by atoms with E-state index in [0.717, 1.165) is 0 Å². The second-order valence-electron chi connectivity index (χ2n) is 6.72. The van der Waals surface area contributed by atoms with Gasteiger partial charge in [0.05, 0.1) is 36.4 Å². The van der Waals surface area contributed by atoms with E-state index in [0.29, 0.717) is 28.5 Å². The lowest BCUT2D eigenvalue weighted by molar-refractivity contribution is 0.0942. The van der Waals surface area contributed by atoms with Gasteiger partial charge in [-0.1, -0.05) is 12.1 Å². The maximum Gasteiger partial charge on any atom is 0.230 e. The Labute approximate surface area is 172 Å². The normalized spacial score (nSPS) is 13.1. The number of benzene rings is 2. The number of methoxy groups -OCH3 is 2. The molecule has 3 aromatic rings. The molecule has 0 spiro atoms. The number of ether oxygens (including phenoxy) is 2. The number of carbonyl (C=O) groups excluding carboxylic acids is 3. The molecule has 8 nitrogen and oxygen atoms in total. The van der Waals surface area contributed by atoms with Crippen LogP contribution in [-0.2, 0) is 0 Å². The van der Waals surface area contributed by atoms with Gasteiger partial charge in [-0.25, -0.2) is 9.55 Å². The van der Waals surface area contributed by atoms with Crippen molar-refractivity contribution in [2.45, 2.75) is 6.92 Å². The highest BCUT2D eigenvalue weighted by Gasteiger charge is 2.32. The predicted molar refractivity (Wildman–Crippen MR) is 111 cm³/mol. The van der Waals surface area contributed by atoms with E-state index in [2.05, 4.69) is 10.3 Å². The molecule has 0 aliphatic heterocycles. The first kappa shape index (κ1) is 19.4. The number of allylic oxidation sites excluding steroid dienone is 1. The van der Waals surface area contributed by atoms with Gasteiger partial charge in [0.25, 0.3) is 0 Å². The van der Waals surface area contributed by atoms with Crippen LogP contribution in [0.5, 0.6) is 11.5 Å². The molecule has 152 valence electrons. The number of ketones is 2. The molecule has 0 saturated heterocycles. The van der Waals surface area contributed by atoms with E-state index in [-0.39, 0.29) is 40.7 Å². The molecule has 0 radical (unpaired) electrons. The van der Waals surface area contributed by atoms with Crippen LogP contribution in [0.1, 0.15) is 32.4 Å². The van der Waals surface area contributed by atoms with Crippen molar-refractivity contribution in [1.29, 1.82) is 0 Å². The highest BCUT2D eigenvalue weighted by molar-refractivity contribution is 6.27. The number of Topliss-reactive ketones (excluding diaryl/α,β-unsaturated/α-hetero) is 1. The number of anilines is 1. The van der Waals surface area contributed by atoms with E-state index >= 15 is 0 Å². The van der Waals surface area contributed by atoms with Crippen molar-refractivity contribution in [2.75, 3.05) is 26.1 Å². The zero-order valence-electron chi connectivity index (χ0n) is 16.7. The summed E-state index contributed by atoms with van der Waals surface area (Å²) in [6, 6.07) is 10.4. The lowest BCUT2D eigenvalue weighted by Crippen LogP contribution is -2.24. The lowest BCUT2D eigenvalue weighted by atomic mass is 9.88. The molecule has 1 aliphatic rings. The molecule has 8 heteroatoms. The standard InChI is InChI=1S/C22H19N3O5/c1-12(26)25-15-7-5-4-6-14(15)24-22(25)23-11-13-10-16(27)19-17(29-2)8-9-18(30-3)20(19)21(13)28/h4-10H,11H2,1-3H3,(H,23,24). The number of nitrogens with zero attached hydrogens (tertiary/aromatic N) is 2. The maximum absolute atomic E-state index is 13.1. The fourth-order valence-electron chi connectivity index (χ4n) is 3.60. The van der Waals surface area contributed by atoms with Gasteiger partial charge in [0.15, 0.2) is 11.6 Å². The van der Waals surface area contributed by atoms with Gasteiger partial charge in [0, 0.05) is 19.0 Å². The van der Waals surface area contributed by atoms with Crippen LogP contribution in [0.15, 0.2) is 48.0 Å². The van der Waals surface area contributed by atoms with Crippen molar-refractivity contribution in [2.24, 2.45) is 0 Å². The summed E-state index contributed by atoms with van der Waals surface area (Å²) in [4.78, 5) is 42.5. The Morgan fingerprint density at radius 1 is 1.03 bits per heavy atom. The Morgan fingerprint density at radius 3 is 2.37 bits per heavy atom. The van der Waals surface area contributed by atoms with Crippen molar-refractivity contribution in [1.82, 2.24) is 9.55 Å². The Kier molecular flexibility index (Phi) is 4.83. The van der Waals surface area contributed by atoms with Gasteiger partial charge in [-0.15, -0.1) is 0 Å². The van der Waals surface area contributed by atoms with Crippen LogP contribution in [0, 0.1) is 0 Å². The largest absolute Gasteiger partial charge is 0.496 e. The number of carbonyl (C=O) groups is 3. The van der Waals surface area contributed by atoms with Gasteiger partial charge in [-0.3, -0.25) is 14.4 Å². The summed E-state index contributed by atoms with van der Waals surface area (Å²) >= 11 is 0. The number of para-hydroxylation sites is 2. The summed E-state index contributed by atoms with van der Waals surface area (Å²) in [5.74, 6) is -0.0108. The summed E-state index contributed by atoms with van der Waals surface area (Å²) < 4.78 is 12.0. The van der Waals surface area contributed by atoms with Crippen LogP contribution in [0.4, 0.5) is 5.95 Å². The Hall–Kier alpha value is -3.94. The van der Waals surface area contributed by atoms with E-state index in [1.54, 1.807) is 24.3 Å². The fourth-order valence-corrected chi connectivity index (χ4v) is 3.60. The number of rotatable bonds is 5. The third-order valence-corrected chi connectivity index (χ3v) is 4.95. The second-order valence-corrected chi connectivity index (χ2v) is 6.72. The number of imidazole rings is 1. The topological polar surface area (TPSA) is 99.5 Å². The van der Waals surface area contributed by atoms with Crippen molar-refractivity contribution in [3.63, 3.8) is 0 Å². The monoisotopic (exact) mass is 405 g/mol. The summed E-state index contributed by atoms with van der Waals surface area (Å²) in [5, 5.41) is 3.02. The first-order valence-corrected chi connectivity index (χ1v) is 9.23. The molecule has 30 heavy (non-hydrogen) atoms. The van der Waals surface area contributed by atoms with Gasteiger partial charge < -0.3 is 14.8 Å². The minimum Gasteiger partial charge on any atom is -0.496 e. The van der Waals surface area contributed by atoms with Crippen LogP contribution in [0.3, 0.4) is 0 Å². The highest BCUT2D eigenvalue weighted by atomic mass is 16.5.